The van der Waals surface area contributed by atoms with Gasteiger partial charge in [0.1, 0.15) is 0 Å². The Labute approximate surface area is 104 Å². The molecule has 0 atom stereocenters. The predicted octanol–water partition coefficient (Wildman–Crippen LogP) is 1.64. The van der Waals surface area contributed by atoms with Crippen LogP contribution in [0.5, 0.6) is 0 Å². The topological polar surface area (TPSA) is 85.9 Å². The highest BCUT2D eigenvalue weighted by atomic mass is 16.6. The molecule has 94 valence electrons. The molecule has 0 aromatic carbocycles. The summed E-state index contributed by atoms with van der Waals surface area (Å²) < 4.78 is 1.70. The van der Waals surface area contributed by atoms with Crippen molar-refractivity contribution in [2.24, 2.45) is 7.05 Å². The van der Waals surface area contributed by atoms with Crippen molar-refractivity contribution >= 4 is 11.5 Å². The molecule has 1 N–H and O–H groups in total. The van der Waals surface area contributed by atoms with Crippen molar-refractivity contribution in [2.45, 2.75) is 13.5 Å². The molecule has 0 unspecified atom stereocenters. The maximum Gasteiger partial charge on any atom is 0.311 e. The molecule has 7 nitrogen and oxygen atoms in total. The number of aromatic nitrogens is 3. The third-order valence-electron chi connectivity index (χ3n) is 2.56. The molecule has 0 aliphatic carbocycles. The number of rotatable bonds is 4. The number of hydrogen-bond acceptors (Lipinski definition) is 5. The van der Waals surface area contributed by atoms with Crippen LogP contribution in [0, 0.1) is 17.0 Å². The van der Waals surface area contributed by atoms with Gasteiger partial charge in [0.2, 0.25) is 5.82 Å². The van der Waals surface area contributed by atoms with E-state index in [0.717, 1.165) is 11.3 Å². The van der Waals surface area contributed by atoms with E-state index in [1.54, 1.807) is 24.0 Å². The summed E-state index contributed by atoms with van der Waals surface area (Å²) >= 11 is 0. The number of anilines is 1. The minimum atomic E-state index is -0.439. The van der Waals surface area contributed by atoms with Gasteiger partial charge in [-0.15, -0.1) is 0 Å². The van der Waals surface area contributed by atoms with E-state index in [9.17, 15) is 10.1 Å². The molecule has 0 radical (unpaired) electrons. The molecular formula is C11H13N5O2. The van der Waals surface area contributed by atoms with E-state index < -0.39 is 4.92 Å². The molecule has 0 aliphatic heterocycles. The molecule has 7 heteroatoms. The minimum absolute atomic E-state index is 0.0165. The van der Waals surface area contributed by atoms with Gasteiger partial charge in [-0.1, -0.05) is 0 Å². The fourth-order valence-corrected chi connectivity index (χ4v) is 1.58. The van der Waals surface area contributed by atoms with Crippen LogP contribution in [0.25, 0.3) is 0 Å². The van der Waals surface area contributed by atoms with Gasteiger partial charge in [0.05, 0.1) is 17.2 Å². The second kappa shape index (κ2) is 4.82. The lowest BCUT2D eigenvalue weighted by molar-refractivity contribution is -0.384. The highest BCUT2D eigenvalue weighted by Gasteiger charge is 2.15. The Bertz CT molecular complexity index is 579. The lowest BCUT2D eigenvalue weighted by Crippen LogP contribution is -2.08. The number of nitrogens with one attached hydrogen (secondary N) is 1. The van der Waals surface area contributed by atoms with E-state index in [1.165, 1.54) is 6.07 Å². The van der Waals surface area contributed by atoms with Gasteiger partial charge in [0.15, 0.2) is 0 Å². The van der Waals surface area contributed by atoms with Crippen molar-refractivity contribution in [1.82, 2.24) is 14.8 Å². The Morgan fingerprint density at radius 2 is 2.33 bits per heavy atom. The summed E-state index contributed by atoms with van der Waals surface area (Å²) in [6.45, 7) is 2.21. The Hall–Kier alpha value is -2.44. The summed E-state index contributed by atoms with van der Waals surface area (Å²) in [6.07, 6.45) is 3.27. The van der Waals surface area contributed by atoms with E-state index in [1.807, 2.05) is 13.1 Å². The predicted molar refractivity (Wildman–Crippen MR) is 66.2 cm³/mol. The summed E-state index contributed by atoms with van der Waals surface area (Å²) in [5.41, 5.74) is 1.66. The SMILES string of the molecule is Cc1cnc(NCc2ccnn2C)c([N+](=O)[O-])c1. The molecule has 0 bridgehead atoms. The average molecular weight is 247 g/mol. The highest BCUT2D eigenvalue weighted by molar-refractivity contribution is 5.56. The molecule has 0 fully saturated rings. The van der Waals surface area contributed by atoms with Gasteiger partial charge in [-0.25, -0.2) is 4.98 Å². The maximum absolute atomic E-state index is 10.9. The molecule has 2 heterocycles. The molecule has 0 saturated heterocycles. The molecule has 0 saturated carbocycles. The van der Waals surface area contributed by atoms with Gasteiger partial charge < -0.3 is 5.32 Å². The van der Waals surface area contributed by atoms with Crippen LogP contribution in [0.1, 0.15) is 11.3 Å². The molecular weight excluding hydrogens is 234 g/mol. The van der Waals surface area contributed by atoms with Crippen molar-refractivity contribution in [3.8, 4) is 0 Å². The maximum atomic E-state index is 10.9. The lowest BCUT2D eigenvalue weighted by Gasteiger charge is -2.06. The van der Waals surface area contributed by atoms with E-state index in [2.05, 4.69) is 15.4 Å². The van der Waals surface area contributed by atoms with Gasteiger partial charge in [-0.3, -0.25) is 14.8 Å². The Kier molecular flexibility index (Phi) is 3.22. The van der Waals surface area contributed by atoms with E-state index in [4.69, 9.17) is 0 Å². The molecule has 0 spiro atoms. The second-order valence-corrected chi connectivity index (χ2v) is 3.94. The van der Waals surface area contributed by atoms with Gasteiger partial charge in [-0.05, 0) is 18.6 Å². The monoisotopic (exact) mass is 247 g/mol. The van der Waals surface area contributed by atoms with Crippen LogP contribution in [0.4, 0.5) is 11.5 Å². The first-order valence-corrected chi connectivity index (χ1v) is 5.39. The van der Waals surface area contributed by atoms with E-state index >= 15 is 0 Å². The fraction of sp³-hybridized carbons (Fsp3) is 0.273. The minimum Gasteiger partial charge on any atom is -0.359 e. The standard InChI is InChI=1S/C11H13N5O2/c1-8-5-10(16(17)18)11(12-6-8)13-7-9-3-4-14-15(9)2/h3-6H,7H2,1-2H3,(H,12,13). The summed E-state index contributed by atoms with van der Waals surface area (Å²) in [6, 6.07) is 3.34. The molecule has 0 aliphatic rings. The van der Waals surface area contributed by atoms with Crippen LogP contribution in [-0.4, -0.2) is 19.7 Å². The summed E-state index contributed by atoms with van der Waals surface area (Å²) in [5.74, 6) is 0.270. The number of nitrogens with zero attached hydrogens (tertiary/aromatic N) is 4. The molecule has 0 amide bonds. The molecule has 18 heavy (non-hydrogen) atoms. The molecule has 2 aromatic heterocycles. The van der Waals surface area contributed by atoms with Crippen LogP contribution >= 0.6 is 0 Å². The zero-order valence-corrected chi connectivity index (χ0v) is 10.1. The highest BCUT2D eigenvalue weighted by Crippen LogP contribution is 2.22. The Balaban J connectivity index is 2.19. The molecule has 2 rings (SSSR count). The first-order chi connectivity index (χ1) is 8.58. The zero-order valence-electron chi connectivity index (χ0n) is 10.1. The van der Waals surface area contributed by atoms with E-state index in [0.29, 0.717) is 6.54 Å². The quantitative estimate of drug-likeness (QED) is 0.655. The van der Waals surface area contributed by atoms with Crippen LogP contribution < -0.4 is 5.32 Å². The van der Waals surface area contributed by atoms with Crippen molar-refractivity contribution in [3.05, 3.63) is 45.9 Å². The van der Waals surface area contributed by atoms with Crippen molar-refractivity contribution < 1.29 is 4.92 Å². The first kappa shape index (κ1) is 12.0. The average Bonchev–Trinajstić information content (AvgIpc) is 2.73. The smallest absolute Gasteiger partial charge is 0.311 e. The van der Waals surface area contributed by atoms with Gasteiger partial charge >= 0.3 is 5.69 Å². The van der Waals surface area contributed by atoms with Crippen molar-refractivity contribution in [2.75, 3.05) is 5.32 Å². The van der Waals surface area contributed by atoms with Crippen molar-refractivity contribution in [1.29, 1.82) is 0 Å². The normalized spacial score (nSPS) is 10.3. The van der Waals surface area contributed by atoms with Gasteiger partial charge in [0, 0.05) is 25.5 Å². The summed E-state index contributed by atoms with van der Waals surface area (Å²) in [5, 5.41) is 17.9. The first-order valence-electron chi connectivity index (χ1n) is 5.39. The third-order valence-corrected chi connectivity index (χ3v) is 2.56. The third kappa shape index (κ3) is 2.45. The second-order valence-electron chi connectivity index (χ2n) is 3.94. The summed E-state index contributed by atoms with van der Waals surface area (Å²) in [4.78, 5) is 14.5. The van der Waals surface area contributed by atoms with Crippen LogP contribution in [0.2, 0.25) is 0 Å². The fourth-order valence-electron chi connectivity index (χ4n) is 1.58. The van der Waals surface area contributed by atoms with Crippen LogP contribution in [0.3, 0.4) is 0 Å². The van der Waals surface area contributed by atoms with E-state index in [-0.39, 0.29) is 11.5 Å². The largest absolute Gasteiger partial charge is 0.359 e. The number of nitro groups is 1. The van der Waals surface area contributed by atoms with Crippen LogP contribution in [0.15, 0.2) is 24.5 Å². The van der Waals surface area contributed by atoms with Gasteiger partial charge in [0.25, 0.3) is 0 Å². The van der Waals surface area contributed by atoms with Crippen molar-refractivity contribution in [3.63, 3.8) is 0 Å². The number of hydrogen-bond donors (Lipinski definition) is 1. The number of aryl methyl sites for hydroxylation is 2. The van der Waals surface area contributed by atoms with Crippen LogP contribution in [-0.2, 0) is 13.6 Å². The molecule has 2 aromatic rings. The summed E-state index contributed by atoms with van der Waals surface area (Å²) in [7, 11) is 1.81. The lowest BCUT2D eigenvalue weighted by atomic mass is 10.3. The Morgan fingerprint density at radius 3 is 2.94 bits per heavy atom. The van der Waals surface area contributed by atoms with Gasteiger partial charge in [-0.2, -0.15) is 5.10 Å². The zero-order chi connectivity index (χ0) is 13.1. The number of pyridine rings is 1. The Morgan fingerprint density at radius 1 is 1.56 bits per heavy atom.